The fourth-order valence-corrected chi connectivity index (χ4v) is 14.8. The molecule has 0 unspecified atom stereocenters. The summed E-state index contributed by atoms with van der Waals surface area (Å²) in [5, 5.41) is 45.7. The first-order chi connectivity index (χ1) is 64.6. The summed E-state index contributed by atoms with van der Waals surface area (Å²) in [4.78, 5) is 0. The van der Waals surface area contributed by atoms with E-state index in [0.29, 0.717) is 0 Å². The maximum absolute atomic E-state index is 9.75. The maximum atomic E-state index is 9.75. The molecular weight excluding hydrogens is 2180 g/mol. The van der Waals surface area contributed by atoms with Crippen molar-refractivity contribution in [3.8, 4) is 0 Å². The number of aromatic nitrogens is 18. The normalized spacial score (nSPS) is 10.8. The first-order valence-electron chi connectivity index (χ1n) is 53.0. The van der Waals surface area contributed by atoms with E-state index in [4.69, 9.17) is 0 Å². The van der Waals surface area contributed by atoms with Crippen LogP contribution in [0.5, 0.6) is 0 Å². The minimum Gasteiger partial charge on any atom is -0.418 e. The average Bonchev–Trinajstić information content (AvgIpc) is 1.88. The van der Waals surface area contributed by atoms with E-state index in [0.717, 1.165) is 39.3 Å². The number of rotatable bonds is 78. The summed E-state index contributed by atoms with van der Waals surface area (Å²) in [6, 6.07) is 0. The van der Waals surface area contributed by atoms with Crippen LogP contribution in [0.2, 0.25) is 0 Å². The van der Waals surface area contributed by atoms with Gasteiger partial charge in [0.15, 0.2) is 0 Å². The molecule has 0 saturated carbocycles. The van der Waals surface area contributed by atoms with Crippen molar-refractivity contribution in [3.63, 3.8) is 0 Å². The molecule has 138 heavy (non-hydrogen) atoms. The van der Waals surface area contributed by atoms with Gasteiger partial charge in [-0.2, -0.15) is 0 Å². The number of unbranched alkanes of at least 4 members (excludes halogenated alkanes) is 66. The zero-order valence-corrected chi connectivity index (χ0v) is 91.6. The molecule has 0 spiro atoms. The SMILES string of the molecule is CCCCCCCCCCCCCCn1cnnc1.CCCCCCCCCCCCCCn1cnnc1.CCCCCCCCCCCCCCn1cnnc1.CCCCCCCCCCCCCCn1cnnc1.CCCCCCCCCCCCCCn1cnnc1.CCCCCCCCCCCCCCn1cnnc1.F[B-](F)(F)F.F[B-](F)(F)F.F[B-](F)(F)F.F[B-](F)(F)F.[Ag+].[Ag+].[Ag+].[Ag+]. The third-order valence-corrected chi connectivity index (χ3v) is 22.4. The van der Waals surface area contributed by atoms with Crippen molar-refractivity contribution in [2.45, 2.75) is 543 Å². The van der Waals surface area contributed by atoms with E-state index < -0.39 is 29.0 Å². The van der Waals surface area contributed by atoms with Crippen LogP contribution in [-0.4, -0.2) is 118 Å². The molecule has 0 atom stereocenters. The Bertz CT molecular complexity index is 2510. The molecule has 0 aliphatic heterocycles. The standard InChI is InChI=1S/6C16H31N3.4Ag.4BF4/c6*1-2-3-4-5-6-7-8-9-10-11-12-13-14-19-15-17-18-16-19;;;;;4*2-1(3,4)5/h6*15-16H,2-14H2,1H3;;;;;;;;/q;;;;;;4*+1;4*-1. The molecule has 0 aromatic carbocycles. The second-order valence-electron chi connectivity index (χ2n) is 35.5. The van der Waals surface area contributed by atoms with Gasteiger partial charge in [0, 0.05) is 39.3 Å². The van der Waals surface area contributed by atoms with Gasteiger partial charge in [0.1, 0.15) is 75.9 Å². The molecule has 18 nitrogen and oxygen atoms in total. The third kappa shape index (κ3) is 153. The van der Waals surface area contributed by atoms with Gasteiger partial charge in [-0.05, 0) is 38.5 Å². The van der Waals surface area contributed by atoms with Crippen molar-refractivity contribution in [2.75, 3.05) is 0 Å². The van der Waals surface area contributed by atoms with Crippen molar-refractivity contribution in [1.82, 2.24) is 88.6 Å². The van der Waals surface area contributed by atoms with Crippen LogP contribution < -0.4 is 0 Å². The number of nitrogens with zero attached hydrogens (tertiary/aromatic N) is 18. The third-order valence-electron chi connectivity index (χ3n) is 22.4. The van der Waals surface area contributed by atoms with Crippen molar-refractivity contribution in [2.24, 2.45) is 0 Å². The Kier molecular flexibility index (Phi) is 130. The predicted molar refractivity (Wildman–Crippen MR) is 527 cm³/mol. The van der Waals surface area contributed by atoms with Crippen LogP contribution in [-0.2, 0) is 129 Å². The van der Waals surface area contributed by atoms with Crippen LogP contribution >= 0.6 is 0 Å². The van der Waals surface area contributed by atoms with Crippen LogP contribution in [0.25, 0.3) is 0 Å². The van der Waals surface area contributed by atoms with Gasteiger partial charge < -0.3 is 96.5 Å². The van der Waals surface area contributed by atoms with E-state index >= 15 is 0 Å². The number of hydrogen-bond acceptors (Lipinski definition) is 12. The molecule has 0 saturated heterocycles. The second kappa shape index (κ2) is 119. The van der Waals surface area contributed by atoms with Crippen LogP contribution in [0.1, 0.15) is 504 Å². The first kappa shape index (κ1) is 150. The summed E-state index contributed by atoms with van der Waals surface area (Å²) in [5.41, 5.74) is 0. The minimum atomic E-state index is -6.00. The summed E-state index contributed by atoms with van der Waals surface area (Å²) in [6.45, 7) is 20.1. The van der Waals surface area contributed by atoms with Gasteiger partial charge in [0.25, 0.3) is 0 Å². The maximum Gasteiger partial charge on any atom is 1.00 e. The average molecular weight is 2370 g/mol. The van der Waals surface area contributed by atoms with Gasteiger partial charge in [-0.25, -0.2) is 0 Å². The Labute approximate surface area is 888 Å². The van der Waals surface area contributed by atoms with Gasteiger partial charge in [-0.3, -0.25) is 0 Å². The smallest absolute Gasteiger partial charge is 0.418 e. The number of hydrogen-bond donors (Lipinski definition) is 0. The zero-order chi connectivity index (χ0) is 99.6. The van der Waals surface area contributed by atoms with Crippen molar-refractivity contribution >= 4 is 29.0 Å². The van der Waals surface area contributed by atoms with Crippen LogP contribution in [0.15, 0.2) is 75.9 Å². The van der Waals surface area contributed by atoms with Gasteiger partial charge in [0.2, 0.25) is 0 Å². The molecular formula is C96H186Ag4B4F16N18. The molecule has 0 amide bonds. The van der Waals surface area contributed by atoms with Gasteiger partial charge in [0.05, 0.1) is 0 Å². The molecule has 6 heterocycles. The van der Waals surface area contributed by atoms with E-state index in [2.05, 4.69) is 130 Å². The van der Waals surface area contributed by atoms with Crippen molar-refractivity contribution in [1.29, 1.82) is 0 Å². The van der Waals surface area contributed by atoms with Crippen molar-refractivity contribution in [3.05, 3.63) is 75.9 Å². The molecule has 0 aliphatic carbocycles. The largest absolute Gasteiger partial charge is 1.00 e. The summed E-state index contributed by atoms with van der Waals surface area (Å²) in [6.07, 6.45) is 123. The molecule has 0 N–H and O–H groups in total. The van der Waals surface area contributed by atoms with Crippen LogP contribution in [0.4, 0.5) is 69.1 Å². The monoisotopic (exact) mass is 2370 g/mol. The molecule has 0 radical (unpaired) electrons. The molecule has 6 aromatic rings. The van der Waals surface area contributed by atoms with E-state index in [1.54, 1.807) is 75.9 Å². The summed E-state index contributed by atoms with van der Waals surface area (Å²) in [7, 11) is -24.0. The Balaban J connectivity index is -0.000000234. The molecule has 0 aliphatic rings. The molecule has 0 bridgehead atoms. The van der Waals surface area contributed by atoms with Gasteiger partial charge in [-0.15, -0.1) is 61.2 Å². The summed E-state index contributed by atoms with van der Waals surface area (Å²) in [5.74, 6) is 0. The topological polar surface area (TPSA) is 184 Å². The number of aryl methyl sites for hydroxylation is 6. The number of halogens is 16. The fraction of sp³-hybridized carbons (Fsp3) is 0.875. The quantitative estimate of drug-likeness (QED) is 0.0200. The Hall–Kier alpha value is -3.06. The van der Waals surface area contributed by atoms with E-state index in [1.165, 1.54) is 462 Å². The van der Waals surface area contributed by atoms with E-state index in [1.807, 2.05) is 0 Å². The Morgan fingerprint density at radius 3 is 0.246 bits per heavy atom. The molecule has 6 aromatic heterocycles. The Morgan fingerprint density at radius 1 is 0.123 bits per heavy atom. The van der Waals surface area contributed by atoms with Gasteiger partial charge >= 0.3 is 119 Å². The molecule has 828 valence electrons. The summed E-state index contributed by atoms with van der Waals surface area (Å²) < 4.78 is 168. The zero-order valence-electron chi connectivity index (χ0n) is 85.7. The first-order valence-corrected chi connectivity index (χ1v) is 53.0. The molecule has 42 heteroatoms. The fourth-order valence-electron chi connectivity index (χ4n) is 14.8. The van der Waals surface area contributed by atoms with Crippen LogP contribution in [0, 0.1) is 0 Å². The van der Waals surface area contributed by atoms with Gasteiger partial charge in [-0.1, -0.05) is 465 Å². The van der Waals surface area contributed by atoms with Crippen LogP contribution in [0.3, 0.4) is 0 Å². The summed E-state index contributed by atoms with van der Waals surface area (Å²) >= 11 is 0. The van der Waals surface area contributed by atoms with Crippen molar-refractivity contribution < 1.29 is 159 Å². The van der Waals surface area contributed by atoms with E-state index in [-0.39, 0.29) is 89.5 Å². The molecule has 6 rings (SSSR count). The Morgan fingerprint density at radius 2 is 0.181 bits per heavy atom. The molecule has 0 fully saturated rings. The predicted octanol–water partition coefficient (Wildman–Crippen LogP) is 35.1. The second-order valence-corrected chi connectivity index (χ2v) is 35.5. The van der Waals surface area contributed by atoms with E-state index in [9.17, 15) is 69.1 Å². The minimum absolute atomic E-state index is 0.